The molecule has 0 spiro atoms. The standard InChI is InChI=1S/C22H24FN3O4/c23-19-9-15(24)2-3-17(19)18-7-14(10-26-22(18)25)13-1-4-21(20(27)8-13)30-12-16-11-28-5-6-29-16/h1-4,7-10,16,22,26-27H,5-6,11-12,24-25H2/t16-,22?/m1/s1. The molecule has 2 aliphatic rings. The number of anilines is 1. The number of benzene rings is 2. The van der Waals surface area contributed by atoms with Gasteiger partial charge in [0.2, 0.25) is 0 Å². The van der Waals surface area contributed by atoms with Crippen molar-refractivity contribution in [1.29, 1.82) is 0 Å². The second kappa shape index (κ2) is 8.74. The lowest BCUT2D eigenvalue weighted by molar-refractivity contribution is -0.101. The maximum absolute atomic E-state index is 14.4. The van der Waals surface area contributed by atoms with E-state index in [9.17, 15) is 9.50 Å². The smallest absolute Gasteiger partial charge is 0.161 e. The first-order valence-corrected chi connectivity index (χ1v) is 9.65. The van der Waals surface area contributed by atoms with E-state index in [2.05, 4.69) is 5.32 Å². The topological polar surface area (TPSA) is 112 Å². The van der Waals surface area contributed by atoms with Gasteiger partial charge >= 0.3 is 0 Å². The van der Waals surface area contributed by atoms with Gasteiger partial charge < -0.3 is 36.1 Å². The Labute approximate surface area is 173 Å². The van der Waals surface area contributed by atoms with E-state index in [4.69, 9.17) is 25.7 Å². The van der Waals surface area contributed by atoms with Crippen molar-refractivity contribution >= 4 is 16.8 Å². The summed E-state index contributed by atoms with van der Waals surface area (Å²) < 4.78 is 30.9. The van der Waals surface area contributed by atoms with Crippen LogP contribution in [0, 0.1) is 5.82 Å². The molecule has 2 aromatic rings. The molecular formula is C22H24FN3O4. The first-order chi connectivity index (χ1) is 14.5. The summed E-state index contributed by atoms with van der Waals surface area (Å²) in [4.78, 5) is 0. The maximum atomic E-state index is 14.4. The molecule has 2 aromatic carbocycles. The first kappa shape index (κ1) is 20.2. The summed E-state index contributed by atoms with van der Waals surface area (Å²) in [5.74, 6) is -0.100. The number of phenols is 1. The van der Waals surface area contributed by atoms with Crippen LogP contribution in [0.4, 0.5) is 10.1 Å². The van der Waals surface area contributed by atoms with Crippen molar-refractivity contribution in [2.45, 2.75) is 12.3 Å². The van der Waals surface area contributed by atoms with E-state index >= 15 is 0 Å². The lowest BCUT2D eigenvalue weighted by atomic mass is 9.94. The molecule has 1 unspecified atom stereocenters. The van der Waals surface area contributed by atoms with Crippen LogP contribution in [0.1, 0.15) is 11.1 Å². The fraction of sp³-hybridized carbons (Fsp3) is 0.273. The van der Waals surface area contributed by atoms with Gasteiger partial charge in [-0.3, -0.25) is 0 Å². The lowest BCUT2D eigenvalue weighted by Crippen LogP contribution is -2.37. The zero-order valence-electron chi connectivity index (χ0n) is 16.3. The molecule has 0 aliphatic carbocycles. The fourth-order valence-electron chi connectivity index (χ4n) is 3.38. The zero-order chi connectivity index (χ0) is 21.1. The molecule has 0 bridgehead atoms. The fourth-order valence-corrected chi connectivity index (χ4v) is 3.38. The van der Waals surface area contributed by atoms with Gasteiger partial charge in [-0.2, -0.15) is 0 Å². The van der Waals surface area contributed by atoms with Crippen LogP contribution in [0.25, 0.3) is 11.1 Å². The second-order valence-corrected chi connectivity index (χ2v) is 7.14. The van der Waals surface area contributed by atoms with Crippen LogP contribution in [0.3, 0.4) is 0 Å². The van der Waals surface area contributed by atoms with Crippen molar-refractivity contribution in [3.63, 3.8) is 0 Å². The van der Waals surface area contributed by atoms with Gasteiger partial charge in [0.1, 0.15) is 24.7 Å². The Morgan fingerprint density at radius 2 is 2.07 bits per heavy atom. The minimum atomic E-state index is -0.569. The number of hydrogen-bond acceptors (Lipinski definition) is 7. The van der Waals surface area contributed by atoms with E-state index in [1.54, 1.807) is 36.5 Å². The molecule has 0 radical (unpaired) electrons. The highest BCUT2D eigenvalue weighted by Gasteiger charge is 2.20. The van der Waals surface area contributed by atoms with Crippen LogP contribution >= 0.6 is 0 Å². The highest BCUT2D eigenvalue weighted by molar-refractivity contribution is 5.88. The molecular weight excluding hydrogens is 389 g/mol. The van der Waals surface area contributed by atoms with E-state index in [1.807, 2.05) is 6.07 Å². The van der Waals surface area contributed by atoms with Crippen LogP contribution in [-0.2, 0) is 9.47 Å². The summed E-state index contributed by atoms with van der Waals surface area (Å²) in [7, 11) is 0. The Morgan fingerprint density at radius 3 is 2.80 bits per heavy atom. The Morgan fingerprint density at radius 1 is 1.20 bits per heavy atom. The van der Waals surface area contributed by atoms with Gasteiger partial charge in [-0.15, -0.1) is 0 Å². The van der Waals surface area contributed by atoms with Crippen LogP contribution in [0.5, 0.6) is 11.5 Å². The molecule has 2 atom stereocenters. The normalized spacial score (nSPS) is 21.4. The molecule has 2 aliphatic heterocycles. The van der Waals surface area contributed by atoms with E-state index in [0.717, 1.165) is 11.1 Å². The highest BCUT2D eigenvalue weighted by atomic mass is 19.1. The number of aromatic hydroxyl groups is 1. The Kier molecular flexibility index (Phi) is 5.89. The molecule has 0 saturated carbocycles. The summed E-state index contributed by atoms with van der Waals surface area (Å²) in [6, 6.07) is 9.58. The molecule has 8 heteroatoms. The van der Waals surface area contributed by atoms with Gasteiger partial charge in [0.25, 0.3) is 0 Å². The number of nitrogens with one attached hydrogen (secondary N) is 1. The molecule has 1 saturated heterocycles. The highest BCUT2D eigenvalue weighted by Crippen LogP contribution is 2.33. The molecule has 30 heavy (non-hydrogen) atoms. The number of allylic oxidation sites excluding steroid dienone is 2. The number of ether oxygens (including phenoxy) is 3. The van der Waals surface area contributed by atoms with Gasteiger partial charge in [0.05, 0.1) is 19.8 Å². The van der Waals surface area contributed by atoms with E-state index in [0.29, 0.717) is 42.4 Å². The molecule has 4 rings (SSSR count). The number of halogens is 1. The van der Waals surface area contributed by atoms with Crippen molar-refractivity contribution in [2.75, 3.05) is 32.2 Å². The molecule has 6 N–H and O–H groups in total. The number of dihydropyridines is 1. The van der Waals surface area contributed by atoms with Crippen LogP contribution in [0.15, 0.2) is 48.7 Å². The van der Waals surface area contributed by atoms with Crippen LogP contribution in [-0.4, -0.2) is 43.8 Å². The van der Waals surface area contributed by atoms with E-state index in [1.165, 1.54) is 6.07 Å². The van der Waals surface area contributed by atoms with Crippen molar-refractivity contribution in [2.24, 2.45) is 5.73 Å². The largest absolute Gasteiger partial charge is 0.504 e. The average Bonchev–Trinajstić information content (AvgIpc) is 2.74. The Bertz CT molecular complexity index is 986. The Balaban J connectivity index is 1.53. The summed E-state index contributed by atoms with van der Waals surface area (Å²) >= 11 is 0. The summed E-state index contributed by atoms with van der Waals surface area (Å²) in [5, 5.41) is 13.4. The minimum Gasteiger partial charge on any atom is -0.504 e. The van der Waals surface area contributed by atoms with E-state index in [-0.39, 0.29) is 18.5 Å². The average molecular weight is 413 g/mol. The number of nitrogens with two attached hydrogens (primary N) is 2. The number of nitrogen functional groups attached to an aromatic ring is 1. The number of hydrogen-bond donors (Lipinski definition) is 4. The molecule has 2 heterocycles. The quantitative estimate of drug-likeness (QED) is 0.556. The molecule has 0 aromatic heterocycles. The van der Waals surface area contributed by atoms with Crippen molar-refractivity contribution in [1.82, 2.24) is 5.32 Å². The van der Waals surface area contributed by atoms with Gasteiger partial charge in [0.15, 0.2) is 11.5 Å². The predicted molar refractivity (Wildman–Crippen MR) is 112 cm³/mol. The van der Waals surface area contributed by atoms with Crippen LogP contribution in [0.2, 0.25) is 0 Å². The van der Waals surface area contributed by atoms with E-state index < -0.39 is 12.0 Å². The Hall–Kier alpha value is -3.07. The first-order valence-electron chi connectivity index (χ1n) is 9.65. The van der Waals surface area contributed by atoms with Gasteiger partial charge in [-0.25, -0.2) is 4.39 Å². The zero-order valence-corrected chi connectivity index (χ0v) is 16.3. The predicted octanol–water partition coefficient (Wildman–Crippen LogP) is 2.22. The second-order valence-electron chi connectivity index (χ2n) is 7.14. The number of rotatable bonds is 5. The van der Waals surface area contributed by atoms with Gasteiger partial charge in [-0.05, 0) is 53.1 Å². The van der Waals surface area contributed by atoms with Crippen molar-refractivity contribution in [3.05, 3.63) is 65.6 Å². The summed E-state index contributed by atoms with van der Waals surface area (Å²) in [6.07, 6.45) is 2.79. The molecule has 158 valence electrons. The third-order valence-corrected chi connectivity index (χ3v) is 4.97. The van der Waals surface area contributed by atoms with Crippen molar-refractivity contribution < 1.29 is 23.7 Å². The summed E-state index contributed by atoms with van der Waals surface area (Å²) in [5.41, 5.74) is 14.5. The lowest BCUT2D eigenvalue weighted by Gasteiger charge is -2.24. The minimum absolute atomic E-state index is 0.00591. The van der Waals surface area contributed by atoms with Gasteiger partial charge in [0, 0.05) is 17.5 Å². The van der Waals surface area contributed by atoms with Gasteiger partial charge in [-0.1, -0.05) is 6.07 Å². The molecule has 7 nitrogen and oxygen atoms in total. The molecule has 1 fully saturated rings. The van der Waals surface area contributed by atoms with Crippen LogP contribution < -0.4 is 21.5 Å². The summed E-state index contributed by atoms with van der Waals surface area (Å²) in [6.45, 7) is 1.87. The molecule has 0 amide bonds. The third-order valence-electron chi connectivity index (χ3n) is 4.97. The monoisotopic (exact) mass is 413 g/mol. The number of phenolic OH excluding ortho intramolecular Hbond substituents is 1. The SMILES string of the molecule is Nc1ccc(C2=CC(c3ccc(OC[C@H]4COCCO4)c(O)c3)=CNC2N)c(F)c1. The van der Waals surface area contributed by atoms with Crippen molar-refractivity contribution in [3.8, 4) is 11.5 Å². The maximum Gasteiger partial charge on any atom is 0.161 e. The third kappa shape index (κ3) is 4.40.